The van der Waals surface area contributed by atoms with Crippen LogP contribution in [0, 0.1) is 6.92 Å². The highest BCUT2D eigenvalue weighted by Gasteiger charge is 2.25. The number of thiazole rings is 1. The van der Waals surface area contributed by atoms with Crippen LogP contribution in [-0.4, -0.2) is 62.3 Å². The normalized spacial score (nSPS) is 14.7. The van der Waals surface area contributed by atoms with Crippen LogP contribution in [0.15, 0.2) is 34.8 Å². The maximum atomic E-state index is 13.6. The molecule has 0 N–H and O–H groups in total. The first kappa shape index (κ1) is 22.5. The average Bonchev–Trinajstić information content (AvgIpc) is 3.22. The van der Waals surface area contributed by atoms with Gasteiger partial charge in [0.1, 0.15) is 11.3 Å². The van der Waals surface area contributed by atoms with Gasteiger partial charge in [-0.3, -0.25) is 14.6 Å². The van der Waals surface area contributed by atoms with E-state index in [9.17, 15) is 4.79 Å². The Kier molecular flexibility index (Phi) is 7.13. The van der Waals surface area contributed by atoms with Gasteiger partial charge in [-0.25, -0.2) is 4.98 Å². The van der Waals surface area contributed by atoms with E-state index in [4.69, 9.17) is 26.1 Å². The van der Waals surface area contributed by atoms with E-state index in [0.717, 1.165) is 39.9 Å². The molecule has 2 heterocycles. The number of amides is 1. The second-order valence-electron chi connectivity index (χ2n) is 7.29. The van der Waals surface area contributed by atoms with E-state index in [1.807, 2.05) is 25.1 Å². The Hall–Kier alpha value is -1.71. The van der Waals surface area contributed by atoms with E-state index in [1.165, 1.54) is 11.3 Å². The molecule has 1 amide bonds. The van der Waals surface area contributed by atoms with Crippen molar-refractivity contribution in [1.29, 1.82) is 0 Å². The number of benzene rings is 2. The van der Waals surface area contributed by atoms with Crippen LogP contribution < -0.4 is 9.64 Å². The molecule has 164 valence electrons. The highest BCUT2D eigenvalue weighted by atomic mass is 79.9. The van der Waals surface area contributed by atoms with Gasteiger partial charge in [0.15, 0.2) is 5.13 Å². The summed E-state index contributed by atoms with van der Waals surface area (Å²) in [5.74, 6) is 0.527. The summed E-state index contributed by atoms with van der Waals surface area (Å²) in [6, 6.07) is 9.22. The minimum Gasteiger partial charge on any atom is -0.494 e. The van der Waals surface area contributed by atoms with Crippen LogP contribution in [0.3, 0.4) is 0 Å². The molecular weight excluding hydrogens is 502 g/mol. The first-order chi connectivity index (χ1) is 15.0. The minimum atomic E-state index is -0.171. The Labute approximate surface area is 198 Å². The lowest BCUT2D eigenvalue weighted by molar-refractivity contribution is 0.0391. The lowest BCUT2D eigenvalue weighted by Gasteiger charge is -2.29. The summed E-state index contributed by atoms with van der Waals surface area (Å²) in [6.45, 7) is 6.40. The number of methoxy groups -OCH3 is 1. The third kappa shape index (κ3) is 4.88. The monoisotopic (exact) mass is 523 g/mol. The number of morpholine rings is 1. The number of hydrogen-bond donors (Lipinski definition) is 0. The van der Waals surface area contributed by atoms with Gasteiger partial charge in [-0.2, -0.15) is 0 Å². The van der Waals surface area contributed by atoms with Crippen molar-refractivity contribution >= 4 is 60.1 Å². The zero-order valence-corrected chi connectivity index (χ0v) is 20.5. The molecule has 6 nitrogen and oxygen atoms in total. The van der Waals surface area contributed by atoms with Crippen molar-refractivity contribution in [1.82, 2.24) is 9.88 Å². The molecule has 0 unspecified atom stereocenters. The average molecular weight is 525 g/mol. The van der Waals surface area contributed by atoms with Crippen LogP contribution in [-0.2, 0) is 4.74 Å². The number of nitrogens with zero attached hydrogens (tertiary/aromatic N) is 3. The molecule has 0 bridgehead atoms. The van der Waals surface area contributed by atoms with Crippen molar-refractivity contribution in [3.63, 3.8) is 0 Å². The molecule has 31 heavy (non-hydrogen) atoms. The summed E-state index contributed by atoms with van der Waals surface area (Å²) >= 11 is 11.3. The van der Waals surface area contributed by atoms with Crippen LogP contribution in [0.4, 0.5) is 5.13 Å². The van der Waals surface area contributed by atoms with Gasteiger partial charge in [-0.1, -0.05) is 44.9 Å². The largest absolute Gasteiger partial charge is 0.494 e. The summed E-state index contributed by atoms with van der Waals surface area (Å²) in [6.07, 6.45) is 0. The molecule has 1 saturated heterocycles. The number of carbonyl (C=O) groups excluding carboxylic acids is 1. The van der Waals surface area contributed by atoms with Crippen LogP contribution in [0.25, 0.3) is 10.2 Å². The highest BCUT2D eigenvalue weighted by Crippen LogP contribution is 2.37. The zero-order valence-electron chi connectivity index (χ0n) is 17.4. The van der Waals surface area contributed by atoms with E-state index < -0.39 is 0 Å². The molecule has 9 heteroatoms. The molecule has 1 aliphatic heterocycles. The first-order valence-electron chi connectivity index (χ1n) is 9.99. The second-order valence-corrected chi connectivity index (χ2v) is 9.59. The van der Waals surface area contributed by atoms with Crippen molar-refractivity contribution in [2.75, 3.05) is 51.4 Å². The van der Waals surface area contributed by atoms with Crippen molar-refractivity contribution < 1.29 is 14.3 Å². The van der Waals surface area contributed by atoms with Crippen molar-refractivity contribution in [2.24, 2.45) is 0 Å². The first-order valence-corrected chi connectivity index (χ1v) is 12.0. The summed E-state index contributed by atoms with van der Waals surface area (Å²) < 4.78 is 12.8. The van der Waals surface area contributed by atoms with E-state index >= 15 is 0 Å². The fourth-order valence-electron chi connectivity index (χ4n) is 3.54. The van der Waals surface area contributed by atoms with Crippen molar-refractivity contribution in [3.8, 4) is 5.75 Å². The predicted octanol–water partition coefficient (Wildman–Crippen LogP) is 5.01. The molecule has 0 saturated carbocycles. The molecule has 1 aromatic heterocycles. The fourth-order valence-corrected chi connectivity index (χ4v) is 5.17. The zero-order chi connectivity index (χ0) is 22.0. The topological polar surface area (TPSA) is 54.9 Å². The third-order valence-corrected chi connectivity index (χ3v) is 7.33. The SMILES string of the molecule is COc1ccc(C)c2sc(N(CCN3CCOCC3)C(=O)c3cc(Br)ccc3Cl)nc12. The van der Waals surface area contributed by atoms with Crippen LogP contribution in [0.5, 0.6) is 5.75 Å². The highest BCUT2D eigenvalue weighted by molar-refractivity contribution is 9.10. The number of fused-ring (bicyclic) bond motifs is 1. The standard InChI is InChI=1S/C22H23BrClN3O3S/c1-14-3-6-18(29-2)19-20(14)31-22(25-19)27(8-7-26-9-11-30-12-10-26)21(28)16-13-15(23)4-5-17(16)24/h3-6,13H,7-12H2,1-2H3. The smallest absolute Gasteiger partial charge is 0.261 e. The number of hydrogen-bond acceptors (Lipinski definition) is 6. The lowest BCUT2D eigenvalue weighted by Crippen LogP contribution is -2.43. The van der Waals surface area contributed by atoms with Crippen LogP contribution in [0.2, 0.25) is 5.02 Å². The summed E-state index contributed by atoms with van der Waals surface area (Å²) in [7, 11) is 1.63. The third-order valence-electron chi connectivity index (χ3n) is 5.29. The van der Waals surface area contributed by atoms with Gasteiger partial charge < -0.3 is 9.47 Å². The lowest BCUT2D eigenvalue weighted by atomic mass is 10.2. The number of aromatic nitrogens is 1. The van der Waals surface area contributed by atoms with E-state index in [0.29, 0.717) is 41.2 Å². The Morgan fingerprint density at radius 1 is 1.32 bits per heavy atom. The van der Waals surface area contributed by atoms with E-state index in [1.54, 1.807) is 24.1 Å². The van der Waals surface area contributed by atoms with Gasteiger partial charge in [0.2, 0.25) is 0 Å². The molecule has 1 aliphatic rings. The quantitative estimate of drug-likeness (QED) is 0.454. The summed E-state index contributed by atoms with van der Waals surface area (Å²) in [5.41, 5.74) is 2.31. The number of carbonyl (C=O) groups is 1. The maximum absolute atomic E-state index is 13.6. The Bertz CT molecular complexity index is 1100. The molecule has 2 aromatic carbocycles. The Morgan fingerprint density at radius 3 is 2.84 bits per heavy atom. The number of ether oxygens (including phenoxy) is 2. The molecule has 3 aromatic rings. The number of anilines is 1. The summed E-state index contributed by atoms with van der Waals surface area (Å²) in [4.78, 5) is 22.5. The minimum absolute atomic E-state index is 0.171. The Morgan fingerprint density at radius 2 is 2.10 bits per heavy atom. The van der Waals surface area contributed by atoms with Gasteiger partial charge in [-0.15, -0.1) is 0 Å². The molecule has 4 rings (SSSR count). The van der Waals surface area contributed by atoms with Crippen LogP contribution in [0.1, 0.15) is 15.9 Å². The molecule has 0 atom stereocenters. The molecule has 0 radical (unpaired) electrons. The molecule has 0 spiro atoms. The van der Waals surface area contributed by atoms with Gasteiger partial charge >= 0.3 is 0 Å². The number of halogens is 2. The van der Waals surface area contributed by atoms with E-state index in [2.05, 4.69) is 20.8 Å². The number of rotatable bonds is 6. The van der Waals surface area contributed by atoms with Crippen molar-refractivity contribution in [2.45, 2.75) is 6.92 Å². The van der Waals surface area contributed by atoms with Gasteiger partial charge in [0.05, 0.1) is 35.6 Å². The molecular formula is C22H23BrClN3O3S. The van der Waals surface area contributed by atoms with E-state index in [-0.39, 0.29) is 5.91 Å². The second kappa shape index (κ2) is 9.83. The van der Waals surface area contributed by atoms with Gasteiger partial charge in [0, 0.05) is 30.7 Å². The fraction of sp³-hybridized carbons (Fsp3) is 0.364. The van der Waals surface area contributed by atoms with Crippen molar-refractivity contribution in [3.05, 3.63) is 51.0 Å². The Balaban J connectivity index is 1.72. The predicted molar refractivity (Wildman–Crippen MR) is 129 cm³/mol. The number of aryl methyl sites for hydroxylation is 1. The molecule has 1 fully saturated rings. The van der Waals surface area contributed by atoms with Gasteiger partial charge in [0.25, 0.3) is 5.91 Å². The van der Waals surface area contributed by atoms with Crippen LogP contribution >= 0.6 is 38.9 Å². The molecule has 0 aliphatic carbocycles. The maximum Gasteiger partial charge on any atom is 0.261 e. The van der Waals surface area contributed by atoms with Gasteiger partial charge in [-0.05, 0) is 36.8 Å². The summed E-state index contributed by atoms with van der Waals surface area (Å²) in [5, 5.41) is 1.05.